The molecule has 2 aromatic rings. The smallest absolute Gasteiger partial charge is 0.119 e. The fourth-order valence-corrected chi connectivity index (χ4v) is 1.29. The van der Waals surface area contributed by atoms with Crippen LogP contribution in [0.3, 0.4) is 0 Å². The number of rotatable bonds is 1. The molecule has 0 aliphatic carbocycles. The standard InChI is InChI=1S/C11H10O.Y/c1-12-11-7-6-9-4-2-3-5-10(9)8-11;/h2-8H,1H3;. The van der Waals surface area contributed by atoms with Crippen LogP contribution in [0.25, 0.3) is 10.8 Å². The number of benzene rings is 2. The summed E-state index contributed by atoms with van der Waals surface area (Å²) in [5.41, 5.74) is 0. The van der Waals surface area contributed by atoms with Crippen molar-refractivity contribution in [3.05, 3.63) is 42.5 Å². The van der Waals surface area contributed by atoms with Crippen LogP contribution < -0.4 is 4.74 Å². The van der Waals surface area contributed by atoms with Crippen LogP contribution in [0.15, 0.2) is 42.5 Å². The molecule has 0 fully saturated rings. The van der Waals surface area contributed by atoms with E-state index in [9.17, 15) is 0 Å². The molecule has 0 amide bonds. The van der Waals surface area contributed by atoms with Crippen LogP contribution in [0, 0.1) is 0 Å². The van der Waals surface area contributed by atoms with Gasteiger partial charge >= 0.3 is 0 Å². The summed E-state index contributed by atoms with van der Waals surface area (Å²) in [6.07, 6.45) is 0. The van der Waals surface area contributed by atoms with Crippen LogP contribution in [0.2, 0.25) is 0 Å². The summed E-state index contributed by atoms with van der Waals surface area (Å²) in [7, 11) is 1.68. The van der Waals surface area contributed by atoms with Gasteiger partial charge in [-0.1, -0.05) is 30.3 Å². The van der Waals surface area contributed by atoms with Gasteiger partial charge in [0.05, 0.1) is 7.11 Å². The van der Waals surface area contributed by atoms with E-state index in [2.05, 4.69) is 18.2 Å². The Morgan fingerprint density at radius 2 is 1.62 bits per heavy atom. The van der Waals surface area contributed by atoms with Gasteiger partial charge in [-0.15, -0.1) is 0 Å². The van der Waals surface area contributed by atoms with E-state index in [0.717, 1.165) is 5.75 Å². The first kappa shape index (κ1) is 10.7. The van der Waals surface area contributed by atoms with E-state index in [4.69, 9.17) is 4.74 Å². The second kappa shape index (κ2) is 4.73. The van der Waals surface area contributed by atoms with E-state index in [1.807, 2.05) is 24.3 Å². The summed E-state index contributed by atoms with van der Waals surface area (Å²) in [5.74, 6) is 0.911. The van der Waals surface area contributed by atoms with Crippen LogP contribution in [0.1, 0.15) is 0 Å². The van der Waals surface area contributed by atoms with Gasteiger partial charge in [0, 0.05) is 32.7 Å². The van der Waals surface area contributed by atoms with Crippen LogP contribution >= 0.6 is 0 Å². The summed E-state index contributed by atoms with van der Waals surface area (Å²) in [5, 5.41) is 2.47. The molecule has 0 saturated heterocycles. The van der Waals surface area contributed by atoms with Gasteiger partial charge in [0.1, 0.15) is 5.75 Å². The predicted molar refractivity (Wildman–Crippen MR) is 50.5 cm³/mol. The number of hydrogen-bond donors (Lipinski definition) is 0. The Balaban J connectivity index is 0.000000845. The Kier molecular flexibility index (Phi) is 3.89. The van der Waals surface area contributed by atoms with Gasteiger partial charge < -0.3 is 4.74 Å². The summed E-state index contributed by atoms with van der Waals surface area (Å²) in [6.45, 7) is 0. The minimum Gasteiger partial charge on any atom is -0.497 e. The topological polar surface area (TPSA) is 9.23 Å². The van der Waals surface area contributed by atoms with Crippen molar-refractivity contribution in [2.24, 2.45) is 0 Å². The second-order valence-electron chi connectivity index (χ2n) is 2.71. The maximum Gasteiger partial charge on any atom is 0.119 e. The summed E-state index contributed by atoms with van der Waals surface area (Å²) in [6, 6.07) is 14.3. The molecule has 0 saturated carbocycles. The third kappa shape index (κ3) is 2.29. The average Bonchev–Trinajstić information content (AvgIpc) is 2.17. The number of hydrogen-bond acceptors (Lipinski definition) is 1. The largest absolute Gasteiger partial charge is 0.497 e. The van der Waals surface area contributed by atoms with Crippen molar-refractivity contribution in [2.75, 3.05) is 7.11 Å². The van der Waals surface area contributed by atoms with Gasteiger partial charge in [-0.2, -0.15) is 0 Å². The van der Waals surface area contributed by atoms with Gasteiger partial charge in [-0.25, -0.2) is 0 Å². The fraction of sp³-hybridized carbons (Fsp3) is 0.0909. The minimum absolute atomic E-state index is 0. The quantitative estimate of drug-likeness (QED) is 0.752. The summed E-state index contributed by atoms with van der Waals surface area (Å²) >= 11 is 0. The molecule has 0 heterocycles. The van der Waals surface area contributed by atoms with Crippen molar-refractivity contribution in [1.29, 1.82) is 0 Å². The molecule has 0 atom stereocenters. The zero-order chi connectivity index (χ0) is 8.39. The molecule has 0 aromatic heterocycles. The monoisotopic (exact) mass is 247 g/mol. The SMILES string of the molecule is COc1ccc2ccccc2c1.[Y]. The van der Waals surface area contributed by atoms with Crippen molar-refractivity contribution in [1.82, 2.24) is 0 Å². The molecule has 0 bridgehead atoms. The Hall–Kier alpha value is -0.396. The van der Waals surface area contributed by atoms with Crippen molar-refractivity contribution >= 4 is 10.8 Å². The molecule has 0 aliphatic rings. The first-order valence-electron chi connectivity index (χ1n) is 3.93. The maximum absolute atomic E-state index is 5.12. The van der Waals surface area contributed by atoms with Gasteiger partial charge in [-0.05, 0) is 22.9 Å². The van der Waals surface area contributed by atoms with E-state index in [0.29, 0.717) is 0 Å². The normalized spacial score (nSPS) is 9.31. The molecule has 0 spiro atoms. The first-order chi connectivity index (χ1) is 5.90. The third-order valence-electron chi connectivity index (χ3n) is 1.96. The van der Waals surface area contributed by atoms with E-state index in [1.54, 1.807) is 7.11 Å². The van der Waals surface area contributed by atoms with Crippen molar-refractivity contribution in [3.8, 4) is 5.75 Å². The first-order valence-corrected chi connectivity index (χ1v) is 3.93. The molecule has 1 nitrogen and oxygen atoms in total. The van der Waals surface area contributed by atoms with Gasteiger partial charge in [0.2, 0.25) is 0 Å². The van der Waals surface area contributed by atoms with Gasteiger partial charge in [0.15, 0.2) is 0 Å². The Morgan fingerprint density at radius 3 is 2.31 bits per heavy atom. The van der Waals surface area contributed by atoms with Crippen molar-refractivity contribution < 1.29 is 37.4 Å². The zero-order valence-corrected chi connectivity index (χ0v) is 10.4. The molecule has 13 heavy (non-hydrogen) atoms. The molecule has 2 rings (SSSR count). The van der Waals surface area contributed by atoms with Crippen molar-refractivity contribution in [3.63, 3.8) is 0 Å². The van der Waals surface area contributed by atoms with Gasteiger partial charge in [-0.3, -0.25) is 0 Å². The average molecular weight is 247 g/mol. The molecule has 2 heteroatoms. The van der Waals surface area contributed by atoms with Crippen LogP contribution in [-0.2, 0) is 32.7 Å². The Labute approximate surface area is 103 Å². The molecular weight excluding hydrogens is 237 g/mol. The maximum atomic E-state index is 5.12. The van der Waals surface area contributed by atoms with Crippen LogP contribution in [0.4, 0.5) is 0 Å². The number of fused-ring (bicyclic) bond motifs is 1. The predicted octanol–water partition coefficient (Wildman–Crippen LogP) is 2.85. The van der Waals surface area contributed by atoms with E-state index < -0.39 is 0 Å². The van der Waals surface area contributed by atoms with Crippen LogP contribution in [0.5, 0.6) is 5.75 Å². The van der Waals surface area contributed by atoms with Gasteiger partial charge in [0.25, 0.3) is 0 Å². The minimum atomic E-state index is 0. The molecule has 63 valence electrons. The summed E-state index contributed by atoms with van der Waals surface area (Å²) in [4.78, 5) is 0. The van der Waals surface area contributed by atoms with E-state index in [1.165, 1.54) is 10.8 Å². The second-order valence-corrected chi connectivity index (χ2v) is 2.71. The number of ether oxygens (including phenoxy) is 1. The third-order valence-corrected chi connectivity index (χ3v) is 1.96. The molecule has 2 aromatic carbocycles. The van der Waals surface area contributed by atoms with E-state index in [-0.39, 0.29) is 32.7 Å². The van der Waals surface area contributed by atoms with Crippen LogP contribution in [-0.4, -0.2) is 7.11 Å². The number of methoxy groups -OCH3 is 1. The molecule has 0 aliphatic heterocycles. The fourth-order valence-electron chi connectivity index (χ4n) is 1.29. The molecule has 0 unspecified atom stereocenters. The Morgan fingerprint density at radius 1 is 0.923 bits per heavy atom. The Bertz CT molecular complexity index is 398. The zero-order valence-electron chi connectivity index (χ0n) is 7.53. The van der Waals surface area contributed by atoms with Crippen molar-refractivity contribution in [2.45, 2.75) is 0 Å². The molecule has 0 N–H and O–H groups in total. The molecular formula is C11H10OY. The van der Waals surface area contributed by atoms with E-state index >= 15 is 0 Å². The summed E-state index contributed by atoms with van der Waals surface area (Å²) < 4.78 is 5.12. The molecule has 1 radical (unpaired) electrons.